The molecular weight excluding hydrogens is 472 g/mol. The van der Waals surface area contributed by atoms with Gasteiger partial charge in [0.1, 0.15) is 23.0 Å². The van der Waals surface area contributed by atoms with Crippen LogP contribution in [0.3, 0.4) is 0 Å². The number of nitrogens with one attached hydrogen (secondary N) is 1. The molecule has 4 aliphatic rings. The molecule has 2 fully saturated rings. The molecule has 1 atom stereocenters. The monoisotopic (exact) mass is 504 g/mol. The summed E-state index contributed by atoms with van der Waals surface area (Å²) in [5.74, 6) is -0.0403. The van der Waals surface area contributed by atoms with Crippen LogP contribution in [-0.2, 0) is 34.7 Å². The second-order valence-corrected chi connectivity index (χ2v) is 11.4. The number of imide groups is 1. The molecule has 0 aliphatic carbocycles. The molecule has 0 spiro atoms. The van der Waals surface area contributed by atoms with E-state index >= 15 is 0 Å². The Balaban J connectivity index is 1.11. The predicted molar refractivity (Wildman–Crippen MR) is 134 cm³/mol. The van der Waals surface area contributed by atoms with Crippen molar-refractivity contribution in [3.05, 3.63) is 58.4 Å². The van der Waals surface area contributed by atoms with Crippen molar-refractivity contribution >= 4 is 17.7 Å². The molecule has 2 aromatic rings. The fraction of sp³-hybridized carbons (Fsp3) is 0.500. The Labute approximate surface area is 215 Å². The van der Waals surface area contributed by atoms with Crippen LogP contribution in [0.2, 0.25) is 0 Å². The number of carbonyl (C=O) groups is 3. The summed E-state index contributed by atoms with van der Waals surface area (Å²) in [7, 11) is 0. The lowest BCUT2D eigenvalue weighted by Gasteiger charge is -2.38. The number of amides is 3. The van der Waals surface area contributed by atoms with E-state index in [1.165, 1.54) is 16.0 Å². The van der Waals surface area contributed by atoms with Gasteiger partial charge in [-0.15, -0.1) is 0 Å². The van der Waals surface area contributed by atoms with E-state index in [0.29, 0.717) is 36.2 Å². The number of carbonyl (C=O) groups excluding carboxylic acids is 3. The number of aliphatic hydroxyl groups is 1. The van der Waals surface area contributed by atoms with Gasteiger partial charge in [-0.3, -0.25) is 29.6 Å². The van der Waals surface area contributed by atoms with E-state index in [-0.39, 0.29) is 30.4 Å². The second-order valence-electron chi connectivity index (χ2n) is 11.4. The van der Waals surface area contributed by atoms with Gasteiger partial charge in [0.25, 0.3) is 5.91 Å². The molecule has 1 aromatic heterocycles. The van der Waals surface area contributed by atoms with E-state index in [2.05, 4.69) is 42.3 Å². The van der Waals surface area contributed by atoms with Gasteiger partial charge in [-0.1, -0.05) is 12.1 Å². The van der Waals surface area contributed by atoms with Gasteiger partial charge in [0.05, 0.1) is 23.5 Å². The van der Waals surface area contributed by atoms with E-state index in [0.717, 1.165) is 31.8 Å². The number of benzene rings is 1. The van der Waals surface area contributed by atoms with Gasteiger partial charge in [0.2, 0.25) is 11.8 Å². The fourth-order valence-corrected chi connectivity index (χ4v) is 6.02. The molecule has 9 heteroatoms. The van der Waals surface area contributed by atoms with Crippen LogP contribution in [0.4, 0.5) is 0 Å². The van der Waals surface area contributed by atoms with Crippen LogP contribution in [-0.4, -0.2) is 62.3 Å². The molecular formula is C28H32N4O5. The average Bonchev–Trinajstić information content (AvgIpc) is 3.34. The minimum atomic E-state index is -1.07. The van der Waals surface area contributed by atoms with Crippen LogP contribution in [0, 0.1) is 0 Å². The maximum atomic E-state index is 13.0. The third kappa shape index (κ3) is 4.40. The summed E-state index contributed by atoms with van der Waals surface area (Å²) in [4.78, 5) is 45.3. The van der Waals surface area contributed by atoms with Gasteiger partial charge in [0, 0.05) is 32.5 Å². The smallest absolute Gasteiger partial charge is 0.256 e. The molecule has 1 unspecified atom stereocenters. The number of hydrogen-bond donors (Lipinski definition) is 2. The van der Waals surface area contributed by atoms with Crippen LogP contribution in [0.5, 0.6) is 5.75 Å². The number of likely N-dealkylation sites (tertiary alicyclic amines) is 1. The maximum absolute atomic E-state index is 13.0. The summed E-state index contributed by atoms with van der Waals surface area (Å²) in [5, 5.41) is 13.8. The first-order chi connectivity index (χ1) is 17.6. The third-order valence-corrected chi connectivity index (χ3v) is 8.07. The maximum Gasteiger partial charge on any atom is 0.256 e. The lowest BCUT2D eigenvalue weighted by molar-refractivity contribution is -0.136. The molecule has 2 N–H and O–H groups in total. The highest BCUT2D eigenvalue weighted by Crippen LogP contribution is 2.37. The summed E-state index contributed by atoms with van der Waals surface area (Å²) < 4.78 is 6.08. The predicted octanol–water partition coefficient (Wildman–Crippen LogP) is 2.04. The zero-order chi connectivity index (χ0) is 25.9. The SMILES string of the molecule is CC1(C)Cc2ccc(CN3CCC(O)(c4ccc5c(n4)CN(C4CCC(=O)NC4=O)C5=O)CC3)cc2O1. The number of aromatic nitrogens is 1. The molecule has 4 aliphatic heterocycles. The molecule has 1 aromatic carbocycles. The molecule has 9 nitrogen and oxygen atoms in total. The van der Waals surface area contributed by atoms with E-state index in [4.69, 9.17) is 9.72 Å². The van der Waals surface area contributed by atoms with Gasteiger partial charge < -0.3 is 14.7 Å². The minimum absolute atomic E-state index is 0.158. The quantitative estimate of drug-likeness (QED) is 0.613. The van der Waals surface area contributed by atoms with Crippen LogP contribution < -0.4 is 10.1 Å². The molecule has 2 saturated heterocycles. The van der Waals surface area contributed by atoms with Crippen LogP contribution >= 0.6 is 0 Å². The average molecular weight is 505 g/mol. The molecule has 0 saturated carbocycles. The number of piperidine rings is 2. The van der Waals surface area contributed by atoms with Crippen molar-refractivity contribution in [3.8, 4) is 5.75 Å². The Kier molecular flexibility index (Phi) is 5.61. The Bertz CT molecular complexity index is 1300. The topological polar surface area (TPSA) is 112 Å². The highest BCUT2D eigenvalue weighted by molar-refractivity contribution is 6.05. The Morgan fingerprint density at radius 2 is 1.92 bits per heavy atom. The highest BCUT2D eigenvalue weighted by Gasteiger charge is 2.42. The number of hydrogen-bond acceptors (Lipinski definition) is 7. The number of fused-ring (bicyclic) bond motifs is 2. The van der Waals surface area contributed by atoms with Gasteiger partial charge in [-0.2, -0.15) is 0 Å². The number of ether oxygens (including phenoxy) is 1. The summed E-state index contributed by atoms with van der Waals surface area (Å²) >= 11 is 0. The normalized spacial score (nSPS) is 24.5. The third-order valence-electron chi connectivity index (χ3n) is 8.07. The number of nitrogens with zero attached hydrogens (tertiary/aromatic N) is 3. The lowest BCUT2D eigenvalue weighted by atomic mass is 9.87. The molecule has 0 bridgehead atoms. The van der Waals surface area contributed by atoms with E-state index in [1.807, 2.05) is 0 Å². The first-order valence-electron chi connectivity index (χ1n) is 13.0. The summed E-state index contributed by atoms with van der Waals surface area (Å²) in [6, 6.07) is 9.23. The molecule has 5 heterocycles. The standard InChI is InChI=1S/C28H32N4O5/c1-27(2)14-18-4-3-17(13-22(18)37-27)15-31-11-9-28(36,10-12-31)23-7-5-19-20(29-23)16-32(26(19)35)21-6-8-24(33)30-25(21)34/h3-5,7,13,21,36H,6,8-12,14-16H2,1-2H3,(H,30,33,34). The van der Waals surface area contributed by atoms with E-state index in [1.54, 1.807) is 12.1 Å². The minimum Gasteiger partial charge on any atom is -0.487 e. The number of pyridine rings is 1. The first kappa shape index (κ1) is 24.1. The first-order valence-corrected chi connectivity index (χ1v) is 13.0. The summed E-state index contributed by atoms with van der Waals surface area (Å²) in [6.07, 6.45) is 2.52. The van der Waals surface area contributed by atoms with Crippen LogP contribution in [0.1, 0.15) is 72.4 Å². The molecule has 37 heavy (non-hydrogen) atoms. The van der Waals surface area contributed by atoms with Crippen molar-refractivity contribution < 1.29 is 24.2 Å². The van der Waals surface area contributed by atoms with Crippen LogP contribution in [0.15, 0.2) is 30.3 Å². The fourth-order valence-electron chi connectivity index (χ4n) is 6.02. The number of rotatable bonds is 4. The largest absolute Gasteiger partial charge is 0.487 e. The lowest BCUT2D eigenvalue weighted by Crippen LogP contribution is -2.52. The van der Waals surface area contributed by atoms with Crippen molar-refractivity contribution in [1.29, 1.82) is 0 Å². The van der Waals surface area contributed by atoms with Gasteiger partial charge >= 0.3 is 0 Å². The van der Waals surface area contributed by atoms with Crippen molar-refractivity contribution in [2.24, 2.45) is 0 Å². The van der Waals surface area contributed by atoms with Gasteiger partial charge in [0.15, 0.2) is 0 Å². The van der Waals surface area contributed by atoms with E-state index in [9.17, 15) is 19.5 Å². The van der Waals surface area contributed by atoms with Crippen molar-refractivity contribution in [1.82, 2.24) is 20.1 Å². The van der Waals surface area contributed by atoms with E-state index < -0.39 is 17.6 Å². The van der Waals surface area contributed by atoms with Gasteiger partial charge in [-0.25, -0.2) is 0 Å². The second kappa shape index (κ2) is 8.63. The summed E-state index contributed by atoms with van der Waals surface area (Å²) in [5.41, 5.74) is 2.82. The molecule has 194 valence electrons. The highest BCUT2D eigenvalue weighted by atomic mass is 16.5. The summed E-state index contributed by atoms with van der Waals surface area (Å²) in [6.45, 7) is 6.65. The molecule has 6 rings (SSSR count). The zero-order valence-corrected chi connectivity index (χ0v) is 21.2. The molecule has 3 amide bonds. The Morgan fingerprint density at radius 1 is 1.14 bits per heavy atom. The Hall–Kier alpha value is -3.30. The van der Waals surface area contributed by atoms with Crippen molar-refractivity contribution in [2.45, 2.75) is 76.3 Å². The van der Waals surface area contributed by atoms with Crippen molar-refractivity contribution in [2.75, 3.05) is 13.1 Å². The van der Waals surface area contributed by atoms with Crippen molar-refractivity contribution in [3.63, 3.8) is 0 Å². The molecule has 0 radical (unpaired) electrons. The van der Waals surface area contributed by atoms with Crippen LogP contribution in [0.25, 0.3) is 0 Å². The van der Waals surface area contributed by atoms with Gasteiger partial charge in [-0.05, 0) is 62.4 Å². The Morgan fingerprint density at radius 3 is 2.68 bits per heavy atom. The zero-order valence-electron chi connectivity index (χ0n) is 21.2.